The van der Waals surface area contributed by atoms with Crippen molar-refractivity contribution in [1.82, 2.24) is 4.57 Å². The minimum Gasteiger partial charge on any atom is -0.309 e. The summed E-state index contributed by atoms with van der Waals surface area (Å²) in [7, 11) is 0. The van der Waals surface area contributed by atoms with E-state index >= 15 is 0 Å². The van der Waals surface area contributed by atoms with E-state index in [9.17, 15) is 0 Å². The van der Waals surface area contributed by atoms with Crippen LogP contribution in [0.5, 0.6) is 0 Å². The quantitative estimate of drug-likeness (QED) is 0.150. The maximum atomic E-state index is 2.51. The number of anilines is 3. The van der Waals surface area contributed by atoms with Gasteiger partial charge >= 0.3 is 0 Å². The standard InChI is InChI=1S/C58H40N2/c1-4-20-42(21-5-1)49-29-12-13-30-51(49)57-50(43-22-6-2-7-23-43)32-17-34-54(57)60(48-28-16-25-45(40-48)46-38-37-41-19-10-11-24-44(41)39-46)56-36-18-35-55-58(56)52-31-14-15-33-53(52)59(55)47-26-8-3-9-27-47/h1-40H. The molecule has 282 valence electrons. The molecule has 0 atom stereocenters. The summed E-state index contributed by atoms with van der Waals surface area (Å²) in [5.74, 6) is 0. The highest BCUT2D eigenvalue weighted by molar-refractivity contribution is 6.17. The molecule has 60 heavy (non-hydrogen) atoms. The highest BCUT2D eigenvalue weighted by Crippen LogP contribution is 2.51. The Bertz CT molecular complexity index is 3310. The van der Waals surface area contributed by atoms with E-state index in [1.807, 2.05) is 0 Å². The van der Waals surface area contributed by atoms with E-state index in [0.717, 1.165) is 33.8 Å². The van der Waals surface area contributed by atoms with Crippen LogP contribution < -0.4 is 4.90 Å². The highest BCUT2D eigenvalue weighted by Gasteiger charge is 2.26. The molecule has 11 aromatic rings. The largest absolute Gasteiger partial charge is 0.309 e. The molecule has 10 aromatic carbocycles. The monoisotopic (exact) mass is 764 g/mol. The molecule has 0 aliphatic rings. The van der Waals surface area contributed by atoms with Gasteiger partial charge in [0.25, 0.3) is 0 Å². The molecule has 0 saturated carbocycles. The number of hydrogen-bond donors (Lipinski definition) is 0. The number of hydrogen-bond acceptors (Lipinski definition) is 1. The second-order valence-corrected chi connectivity index (χ2v) is 15.3. The van der Waals surface area contributed by atoms with E-state index in [1.54, 1.807) is 0 Å². The summed E-state index contributed by atoms with van der Waals surface area (Å²) in [6, 6.07) is 88.1. The molecule has 0 radical (unpaired) electrons. The third kappa shape index (κ3) is 6.14. The van der Waals surface area contributed by atoms with Crippen molar-refractivity contribution in [3.8, 4) is 50.2 Å². The summed E-state index contributed by atoms with van der Waals surface area (Å²) < 4.78 is 2.41. The van der Waals surface area contributed by atoms with Gasteiger partial charge in [-0.3, -0.25) is 0 Å². The van der Waals surface area contributed by atoms with Crippen LogP contribution in [0.4, 0.5) is 17.1 Å². The van der Waals surface area contributed by atoms with E-state index in [4.69, 9.17) is 0 Å². The van der Waals surface area contributed by atoms with Crippen LogP contribution in [-0.2, 0) is 0 Å². The summed E-state index contributed by atoms with van der Waals surface area (Å²) in [6.45, 7) is 0. The first kappa shape index (κ1) is 35.2. The summed E-state index contributed by atoms with van der Waals surface area (Å²) in [5.41, 5.74) is 16.1. The fourth-order valence-corrected chi connectivity index (χ4v) is 9.08. The Kier molecular flexibility index (Phi) is 8.87. The molecule has 0 amide bonds. The van der Waals surface area contributed by atoms with Crippen LogP contribution in [0.15, 0.2) is 243 Å². The third-order valence-corrected chi connectivity index (χ3v) is 11.8. The molecule has 0 N–H and O–H groups in total. The van der Waals surface area contributed by atoms with Crippen LogP contribution in [0.1, 0.15) is 0 Å². The van der Waals surface area contributed by atoms with Crippen molar-refractivity contribution in [2.45, 2.75) is 0 Å². The molecule has 1 heterocycles. The predicted octanol–water partition coefficient (Wildman–Crippen LogP) is 16.1. The number of nitrogens with zero attached hydrogens (tertiary/aromatic N) is 2. The SMILES string of the molecule is c1ccc(-c2ccccc2-c2c(-c3ccccc3)cccc2N(c2cccc(-c3ccc4ccccc4c3)c2)c2cccc3c2c2ccccc2n3-c2ccccc2)cc1. The molecule has 0 unspecified atom stereocenters. The van der Waals surface area contributed by atoms with Crippen molar-refractivity contribution < 1.29 is 0 Å². The van der Waals surface area contributed by atoms with Crippen molar-refractivity contribution in [2.75, 3.05) is 4.90 Å². The van der Waals surface area contributed by atoms with Gasteiger partial charge in [-0.1, -0.05) is 188 Å². The summed E-state index contributed by atoms with van der Waals surface area (Å²) in [6.07, 6.45) is 0. The van der Waals surface area contributed by atoms with E-state index in [0.29, 0.717) is 0 Å². The molecule has 0 aliphatic carbocycles. The van der Waals surface area contributed by atoms with Crippen LogP contribution in [0.25, 0.3) is 82.8 Å². The lowest BCUT2D eigenvalue weighted by Crippen LogP contribution is -2.12. The minimum atomic E-state index is 1.08. The van der Waals surface area contributed by atoms with Gasteiger partial charge in [0.15, 0.2) is 0 Å². The Hall–Kier alpha value is -7.94. The molecule has 11 rings (SSSR count). The van der Waals surface area contributed by atoms with Gasteiger partial charge in [0, 0.05) is 27.7 Å². The second-order valence-electron chi connectivity index (χ2n) is 15.3. The van der Waals surface area contributed by atoms with Crippen molar-refractivity contribution in [3.05, 3.63) is 243 Å². The molecule has 0 saturated heterocycles. The van der Waals surface area contributed by atoms with E-state index < -0.39 is 0 Å². The predicted molar refractivity (Wildman–Crippen MR) is 255 cm³/mol. The van der Waals surface area contributed by atoms with Crippen molar-refractivity contribution >= 4 is 49.6 Å². The zero-order valence-corrected chi connectivity index (χ0v) is 33.0. The zero-order valence-electron chi connectivity index (χ0n) is 33.0. The van der Waals surface area contributed by atoms with Gasteiger partial charge < -0.3 is 9.47 Å². The van der Waals surface area contributed by atoms with Gasteiger partial charge in [-0.15, -0.1) is 0 Å². The first-order valence-electron chi connectivity index (χ1n) is 20.6. The zero-order chi connectivity index (χ0) is 39.8. The average molecular weight is 765 g/mol. The van der Waals surface area contributed by atoms with Gasteiger partial charge in [-0.05, 0) is 104 Å². The van der Waals surface area contributed by atoms with Crippen molar-refractivity contribution in [1.29, 1.82) is 0 Å². The van der Waals surface area contributed by atoms with Crippen LogP contribution in [0.3, 0.4) is 0 Å². The molecular weight excluding hydrogens is 725 g/mol. The van der Waals surface area contributed by atoms with Crippen LogP contribution >= 0.6 is 0 Å². The van der Waals surface area contributed by atoms with Gasteiger partial charge in [0.1, 0.15) is 0 Å². The lowest BCUT2D eigenvalue weighted by atomic mass is 9.87. The minimum absolute atomic E-state index is 1.08. The lowest BCUT2D eigenvalue weighted by molar-refractivity contribution is 1.18. The van der Waals surface area contributed by atoms with E-state index in [1.165, 1.54) is 66.0 Å². The van der Waals surface area contributed by atoms with Crippen LogP contribution in [-0.4, -0.2) is 4.57 Å². The lowest BCUT2D eigenvalue weighted by Gasteiger charge is -2.31. The Morgan fingerprint density at radius 2 is 0.867 bits per heavy atom. The molecule has 0 spiro atoms. The van der Waals surface area contributed by atoms with Gasteiger partial charge in [-0.25, -0.2) is 0 Å². The molecule has 0 bridgehead atoms. The molecule has 1 aromatic heterocycles. The number of aromatic nitrogens is 1. The normalized spacial score (nSPS) is 11.3. The van der Waals surface area contributed by atoms with Crippen molar-refractivity contribution in [2.24, 2.45) is 0 Å². The number of fused-ring (bicyclic) bond motifs is 4. The number of benzene rings is 10. The van der Waals surface area contributed by atoms with E-state index in [-0.39, 0.29) is 0 Å². The maximum Gasteiger partial charge on any atom is 0.0562 e. The molecule has 0 aliphatic heterocycles. The number of rotatable bonds is 8. The van der Waals surface area contributed by atoms with Gasteiger partial charge in [0.2, 0.25) is 0 Å². The summed E-state index contributed by atoms with van der Waals surface area (Å²) >= 11 is 0. The Morgan fingerprint density at radius 3 is 1.67 bits per heavy atom. The second kappa shape index (κ2) is 15.1. The average Bonchev–Trinajstić information content (AvgIpc) is 3.67. The molecule has 0 fully saturated rings. The fourth-order valence-electron chi connectivity index (χ4n) is 9.08. The molecule has 2 heteroatoms. The summed E-state index contributed by atoms with van der Waals surface area (Å²) in [4.78, 5) is 2.51. The Balaban J connectivity index is 1.25. The topological polar surface area (TPSA) is 8.17 Å². The van der Waals surface area contributed by atoms with Crippen molar-refractivity contribution in [3.63, 3.8) is 0 Å². The number of para-hydroxylation sites is 2. The third-order valence-electron chi connectivity index (χ3n) is 11.8. The first-order chi connectivity index (χ1) is 29.8. The molecular formula is C58H40N2. The van der Waals surface area contributed by atoms with Gasteiger partial charge in [-0.2, -0.15) is 0 Å². The fraction of sp³-hybridized carbons (Fsp3) is 0. The first-order valence-corrected chi connectivity index (χ1v) is 20.6. The van der Waals surface area contributed by atoms with E-state index in [2.05, 4.69) is 252 Å². The smallest absolute Gasteiger partial charge is 0.0562 e. The van der Waals surface area contributed by atoms with Crippen LogP contribution in [0.2, 0.25) is 0 Å². The van der Waals surface area contributed by atoms with Gasteiger partial charge in [0.05, 0.1) is 22.4 Å². The Labute approximate surface area is 350 Å². The Morgan fingerprint density at radius 1 is 0.317 bits per heavy atom. The van der Waals surface area contributed by atoms with Crippen LogP contribution in [0, 0.1) is 0 Å². The molecule has 2 nitrogen and oxygen atoms in total. The summed E-state index contributed by atoms with van der Waals surface area (Å²) in [5, 5.41) is 4.86. The maximum absolute atomic E-state index is 2.51. The highest BCUT2D eigenvalue weighted by atomic mass is 15.2.